The molecule has 0 spiro atoms. The van der Waals surface area contributed by atoms with Crippen molar-refractivity contribution < 1.29 is 4.79 Å². The second-order valence-corrected chi connectivity index (χ2v) is 7.68. The van der Waals surface area contributed by atoms with E-state index >= 15 is 0 Å². The first kappa shape index (κ1) is 16.3. The number of thiophene rings is 1. The number of hydrogen-bond acceptors (Lipinski definition) is 4. The van der Waals surface area contributed by atoms with Crippen molar-refractivity contribution in [1.29, 1.82) is 0 Å². The first-order valence-corrected chi connectivity index (χ1v) is 9.63. The number of carbonyl (C=O) groups is 1. The molecule has 6 heteroatoms. The van der Waals surface area contributed by atoms with Gasteiger partial charge in [0.15, 0.2) is 5.69 Å². The number of aromatic nitrogens is 2. The van der Waals surface area contributed by atoms with E-state index in [1.54, 1.807) is 0 Å². The molecule has 1 atom stereocenters. The summed E-state index contributed by atoms with van der Waals surface area (Å²) in [5, 5.41) is 13.2. The molecule has 1 aliphatic rings. The van der Waals surface area contributed by atoms with Gasteiger partial charge in [-0.15, -0.1) is 11.3 Å². The zero-order valence-corrected chi connectivity index (χ0v) is 14.9. The van der Waals surface area contributed by atoms with E-state index in [1.165, 1.54) is 17.7 Å². The molecule has 0 saturated carbocycles. The Hall–Kier alpha value is -2.18. The average Bonchev–Trinajstić information content (AvgIpc) is 3.29. The van der Waals surface area contributed by atoms with E-state index in [0.29, 0.717) is 18.2 Å². The summed E-state index contributed by atoms with van der Waals surface area (Å²) in [6, 6.07) is 12.0. The number of carbonyl (C=O) groups excluding carboxylic acids is 1. The minimum absolute atomic E-state index is 0.0900. The van der Waals surface area contributed by atoms with Crippen molar-refractivity contribution in [3.05, 3.63) is 52.3 Å². The van der Waals surface area contributed by atoms with Gasteiger partial charge in [-0.1, -0.05) is 24.3 Å². The van der Waals surface area contributed by atoms with Gasteiger partial charge >= 0.3 is 0 Å². The number of aromatic amines is 1. The molecule has 1 aliphatic heterocycles. The zero-order valence-electron chi connectivity index (χ0n) is 14.1. The lowest BCUT2D eigenvalue weighted by Crippen LogP contribution is -2.40. The van der Waals surface area contributed by atoms with Crippen molar-refractivity contribution in [3.8, 4) is 0 Å². The third-order valence-corrected chi connectivity index (χ3v) is 5.66. The van der Waals surface area contributed by atoms with Crippen molar-refractivity contribution in [2.24, 2.45) is 5.92 Å². The minimum Gasteiger partial charge on any atom is -0.350 e. The van der Waals surface area contributed by atoms with Gasteiger partial charge in [0.1, 0.15) is 0 Å². The highest BCUT2D eigenvalue weighted by Crippen LogP contribution is 2.20. The number of piperidine rings is 1. The molecule has 130 valence electrons. The Morgan fingerprint density at radius 3 is 3.12 bits per heavy atom. The third kappa shape index (κ3) is 3.75. The van der Waals surface area contributed by atoms with E-state index in [0.717, 1.165) is 30.5 Å². The molecule has 1 saturated heterocycles. The topological polar surface area (TPSA) is 61.0 Å². The summed E-state index contributed by atoms with van der Waals surface area (Å²) >= 11 is 1.81. The van der Waals surface area contributed by atoms with Crippen LogP contribution in [0, 0.1) is 5.92 Å². The van der Waals surface area contributed by atoms with Gasteiger partial charge in [0, 0.05) is 29.9 Å². The van der Waals surface area contributed by atoms with Crippen LogP contribution in [0.4, 0.5) is 0 Å². The molecule has 1 amide bonds. The van der Waals surface area contributed by atoms with Gasteiger partial charge in [0.05, 0.1) is 5.52 Å². The van der Waals surface area contributed by atoms with Crippen molar-refractivity contribution in [1.82, 2.24) is 20.4 Å². The highest BCUT2D eigenvalue weighted by Gasteiger charge is 2.22. The maximum atomic E-state index is 12.5. The Morgan fingerprint density at radius 2 is 2.24 bits per heavy atom. The van der Waals surface area contributed by atoms with Crippen LogP contribution in [0.25, 0.3) is 10.9 Å². The first-order chi connectivity index (χ1) is 12.3. The number of nitrogens with one attached hydrogen (secondary N) is 2. The summed E-state index contributed by atoms with van der Waals surface area (Å²) in [5.74, 6) is 0.413. The highest BCUT2D eigenvalue weighted by atomic mass is 32.1. The molecule has 25 heavy (non-hydrogen) atoms. The van der Waals surface area contributed by atoms with Crippen molar-refractivity contribution >= 4 is 28.1 Å². The predicted octanol–water partition coefficient (Wildman–Crippen LogP) is 3.27. The molecule has 3 heterocycles. The smallest absolute Gasteiger partial charge is 0.272 e. The Labute approximate surface area is 151 Å². The van der Waals surface area contributed by atoms with Gasteiger partial charge in [-0.25, -0.2) is 0 Å². The van der Waals surface area contributed by atoms with E-state index in [2.05, 4.69) is 37.9 Å². The fraction of sp³-hybridized carbons (Fsp3) is 0.368. The summed E-state index contributed by atoms with van der Waals surface area (Å²) < 4.78 is 0. The lowest BCUT2D eigenvalue weighted by molar-refractivity contribution is 0.0927. The Bertz CT molecular complexity index is 842. The molecular formula is C19H22N4OS. The fourth-order valence-electron chi connectivity index (χ4n) is 3.54. The monoisotopic (exact) mass is 354 g/mol. The number of rotatable bonds is 5. The lowest BCUT2D eigenvalue weighted by Gasteiger charge is -2.32. The van der Waals surface area contributed by atoms with Crippen LogP contribution in [0.3, 0.4) is 0 Å². The van der Waals surface area contributed by atoms with Crippen molar-refractivity contribution in [3.63, 3.8) is 0 Å². The van der Waals surface area contributed by atoms with Crippen LogP contribution in [0.1, 0.15) is 28.2 Å². The van der Waals surface area contributed by atoms with Crippen molar-refractivity contribution in [2.45, 2.75) is 19.4 Å². The van der Waals surface area contributed by atoms with Crippen LogP contribution in [0.5, 0.6) is 0 Å². The van der Waals surface area contributed by atoms with Gasteiger partial charge < -0.3 is 5.32 Å². The van der Waals surface area contributed by atoms with Gasteiger partial charge in [-0.2, -0.15) is 5.10 Å². The molecule has 2 aromatic heterocycles. The molecule has 2 N–H and O–H groups in total. The highest BCUT2D eigenvalue weighted by molar-refractivity contribution is 7.09. The molecular weight excluding hydrogens is 332 g/mol. The average molecular weight is 354 g/mol. The Morgan fingerprint density at radius 1 is 1.32 bits per heavy atom. The molecule has 0 bridgehead atoms. The summed E-state index contributed by atoms with van der Waals surface area (Å²) in [4.78, 5) is 16.4. The standard InChI is InChI=1S/C19H22N4OS/c24-19(18-16-7-1-2-8-17(16)21-22-18)20-11-14-5-3-9-23(12-14)13-15-6-4-10-25-15/h1-2,4,6-8,10,14H,3,5,9,11-13H2,(H,20,24)(H,21,22). The second kappa shape index (κ2) is 7.37. The van der Waals surface area contributed by atoms with Gasteiger partial charge in [-0.3, -0.25) is 14.8 Å². The van der Waals surface area contributed by atoms with E-state index in [4.69, 9.17) is 0 Å². The fourth-order valence-corrected chi connectivity index (χ4v) is 4.29. The maximum Gasteiger partial charge on any atom is 0.272 e. The van der Waals surface area contributed by atoms with E-state index in [9.17, 15) is 4.79 Å². The van der Waals surface area contributed by atoms with Crippen LogP contribution in [-0.4, -0.2) is 40.6 Å². The molecule has 4 rings (SSSR count). The zero-order chi connectivity index (χ0) is 17.1. The Balaban J connectivity index is 1.33. The van der Waals surface area contributed by atoms with E-state index in [-0.39, 0.29) is 5.91 Å². The number of hydrogen-bond donors (Lipinski definition) is 2. The van der Waals surface area contributed by atoms with Crippen LogP contribution >= 0.6 is 11.3 Å². The SMILES string of the molecule is O=C(NCC1CCCN(Cc2cccs2)C1)c1n[nH]c2ccccc12. The number of amides is 1. The number of likely N-dealkylation sites (tertiary alicyclic amines) is 1. The number of benzene rings is 1. The first-order valence-electron chi connectivity index (χ1n) is 8.75. The van der Waals surface area contributed by atoms with Crippen molar-refractivity contribution in [2.75, 3.05) is 19.6 Å². The number of H-pyrrole nitrogens is 1. The number of fused-ring (bicyclic) bond motifs is 1. The third-order valence-electron chi connectivity index (χ3n) is 4.80. The van der Waals surface area contributed by atoms with E-state index < -0.39 is 0 Å². The summed E-state index contributed by atoms with van der Waals surface area (Å²) in [7, 11) is 0. The lowest BCUT2D eigenvalue weighted by atomic mass is 9.98. The quantitative estimate of drug-likeness (QED) is 0.739. The van der Waals surface area contributed by atoms with Crippen LogP contribution in [0.2, 0.25) is 0 Å². The summed E-state index contributed by atoms with van der Waals surface area (Å²) in [5.41, 5.74) is 1.38. The largest absolute Gasteiger partial charge is 0.350 e. The van der Waals surface area contributed by atoms with Crippen LogP contribution in [0.15, 0.2) is 41.8 Å². The normalized spacial score (nSPS) is 18.5. The van der Waals surface area contributed by atoms with Crippen LogP contribution < -0.4 is 5.32 Å². The second-order valence-electron chi connectivity index (χ2n) is 6.65. The Kier molecular flexibility index (Phi) is 4.81. The van der Waals surface area contributed by atoms with Gasteiger partial charge in [0.25, 0.3) is 5.91 Å². The minimum atomic E-state index is -0.0900. The molecule has 1 aromatic carbocycles. The summed E-state index contributed by atoms with van der Waals surface area (Å²) in [6.45, 7) is 3.92. The molecule has 3 aromatic rings. The number of nitrogens with zero attached hydrogens (tertiary/aromatic N) is 2. The van der Waals surface area contributed by atoms with Gasteiger partial charge in [0.2, 0.25) is 0 Å². The van der Waals surface area contributed by atoms with Crippen LogP contribution in [-0.2, 0) is 6.54 Å². The van der Waals surface area contributed by atoms with Gasteiger partial charge in [-0.05, 0) is 42.8 Å². The molecule has 5 nitrogen and oxygen atoms in total. The molecule has 0 radical (unpaired) electrons. The number of para-hydroxylation sites is 1. The predicted molar refractivity (Wildman–Crippen MR) is 101 cm³/mol. The molecule has 0 aliphatic carbocycles. The maximum absolute atomic E-state index is 12.5. The molecule has 1 fully saturated rings. The summed E-state index contributed by atoms with van der Waals surface area (Å²) in [6.07, 6.45) is 2.36. The molecule has 1 unspecified atom stereocenters. The van der Waals surface area contributed by atoms with E-state index in [1.807, 2.05) is 35.6 Å².